The van der Waals surface area contributed by atoms with Crippen LogP contribution in [-0.4, -0.2) is 0 Å². The minimum Gasteiger partial charge on any atom is -0.0654 e. The molecule has 0 heteroatoms. The molecular weight excluding hydrogens is 769 g/mol. The van der Waals surface area contributed by atoms with E-state index in [2.05, 4.69) is 39.8 Å². The first-order valence-corrected chi connectivity index (χ1v) is 30.9. The van der Waals surface area contributed by atoms with E-state index in [-0.39, 0.29) is 0 Å². The number of unbranched alkanes of at least 4 members (excludes halogenated alkanes) is 46. The standard InChI is InChI=1S/C64H122/c1-5-9-13-16-19-22-25-28-31-34-37-40-43-46-49-52-56-62-59-61(55-12-8-4)60-63(57-53-50-47-44-41-38-35-32-29-26-23-20-17-14-10-6-2)64(62)58-54-51-48-45-42-39-36-33-30-27-24-21-18-15-11-7-3/h59-60H,5-58H2,1-4H3. The van der Waals surface area contributed by atoms with Crippen molar-refractivity contribution in [1.29, 1.82) is 0 Å². The second kappa shape index (κ2) is 51.6. The Balaban J connectivity index is 2.52. The lowest BCUT2D eigenvalue weighted by molar-refractivity contribution is 0.527. The predicted molar refractivity (Wildman–Crippen MR) is 295 cm³/mol. The summed E-state index contributed by atoms with van der Waals surface area (Å²) in [4.78, 5) is 0. The lowest BCUT2D eigenvalue weighted by Gasteiger charge is -2.18. The Bertz CT molecular complexity index is 962. The Kier molecular flexibility index (Phi) is 49.4. The van der Waals surface area contributed by atoms with E-state index in [0.717, 1.165) is 0 Å². The van der Waals surface area contributed by atoms with Crippen LogP contribution in [0.3, 0.4) is 0 Å². The van der Waals surface area contributed by atoms with Crippen LogP contribution in [0, 0.1) is 0 Å². The SMILES string of the molecule is CCCCCCCCCCCCCCCCCCc1cc(CCCC)cc(CCCCCCCCCCCCCCCCCC)c1CCCCCCCCCCCCCCCCCC. The van der Waals surface area contributed by atoms with Crippen LogP contribution < -0.4 is 0 Å². The minimum atomic E-state index is 1.29. The second-order valence-corrected chi connectivity index (χ2v) is 21.7. The van der Waals surface area contributed by atoms with Crippen molar-refractivity contribution in [3.05, 3.63) is 34.4 Å². The first-order chi connectivity index (χ1) is 31.8. The summed E-state index contributed by atoms with van der Waals surface area (Å²) >= 11 is 0. The normalized spacial score (nSPS) is 11.7. The topological polar surface area (TPSA) is 0 Å². The summed E-state index contributed by atoms with van der Waals surface area (Å²) in [6.07, 6.45) is 77.9. The highest BCUT2D eigenvalue weighted by Gasteiger charge is 2.12. The van der Waals surface area contributed by atoms with Gasteiger partial charge in [0, 0.05) is 0 Å². The number of hydrogen-bond donors (Lipinski definition) is 0. The van der Waals surface area contributed by atoms with Crippen LogP contribution in [0.5, 0.6) is 0 Å². The summed E-state index contributed by atoms with van der Waals surface area (Å²) in [5, 5.41) is 0. The van der Waals surface area contributed by atoms with Crippen LogP contribution in [0.1, 0.15) is 371 Å². The summed E-state index contributed by atoms with van der Waals surface area (Å²) in [6, 6.07) is 5.42. The summed E-state index contributed by atoms with van der Waals surface area (Å²) in [7, 11) is 0. The zero-order valence-corrected chi connectivity index (χ0v) is 45.3. The van der Waals surface area contributed by atoms with Gasteiger partial charge in [-0.2, -0.15) is 0 Å². The Labute approximate surface area is 407 Å². The van der Waals surface area contributed by atoms with Crippen molar-refractivity contribution < 1.29 is 0 Å². The number of aryl methyl sites for hydroxylation is 3. The van der Waals surface area contributed by atoms with Crippen molar-refractivity contribution in [1.82, 2.24) is 0 Å². The highest BCUT2D eigenvalue weighted by Crippen LogP contribution is 2.27. The van der Waals surface area contributed by atoms with Gasteiger partial charge in [0.1, 0.15) is 0 Å². The number of benzene rings is 1. The molecule has 1 rings (SSSR count). The quantitative estimate of drug-likeness (QED) is 0.0572. The molecule has 0 radical (unpaired) electrons. The molecule has 0 fully saturated rings. The first kappa shape index (κ1) is 61.2. The zero-order chi connectivity index (χ0) is 45.9. The molecule has 0 saturated heterocycles. The molecule has 0 aromatic heterocycles. The molecule has 0 saturated carbocycles. The maximum atomic E-state index is 2.71. The van der Waals surface area contributed by atoms with Crippen molar-refractivity contribution in [2.45, 2.75) is 374 Å². The van der Waals surface area contributed by atoms with E-state index in [1.807, 2.05) is 5.56 Å². The molecule has 0 aliphatic rings. The molecule has 0 N–H and O–H groups in total. The van der Waals surface area contributed by atoms with Crippen molar-refractivity contribution >= 4 is 0 Å². The maximum Gasteiger partial charge on any atom is -0.0273 e. The van der Waals surface area contributed by atoms with Gasteiger partial charge in [0.2, 0.25) is 0 Å². The van der Waals surface area contributed by atoms with Crippen molar-refractivity contribution in [3.63, 3.8) is 0 Å². The summed E-state index contributed by atoms with van der Waals surface area (Å²) < 4.78 is 0. The Morgan fingerprint density at radius 2 is 0.375 bits per heavy atom. The lowest BCUT2D eigenvalue weighted by Crippen LogP contribution is -2.05. The van der Waals surface area contributed by atoms with Gasteiger partial charge in [-0.3, -0.25) is 0 Å². The Morgan fingerprint density at radius 3 is 0.594 bits per heavy atom. The van der Waals surface area contributed by atoms with Crippen molar-refractivity contribution in [3.8, 4) is 0 Å². The van der Waals surface area contributed by atoms with E-state index in [1.54, 1.807) is 16.7 Å². The van der Waals surface area contributed by atoms with Gasteiger partial charge in [0.05, 0.1) is 0 Å². The smallest absolute Gasteiger partial charge is 0.0273 e. The monoisotopic (exact) mass is 891 g/mol. The van der Waals surface area contributed by atoms with Gasteiger partial charge < -0.3 is 0 Å². The highest BCUT2D eigenvalue weighted by atomic mass is 14.2. The summed E-state index contributed by atoms with van der Waals surface area (Å²) in [5.74, 6) is 0. The zero-order valence-electron chi connectivity index (χ0n) is 45.3. The largest absolute Gasteiger partial charge is 0.0654 e. The molecule has 1 aromatic rings. The number of rotatable bonds is 54. The van der Waals surface area contributed by atoms with Crippen LogP contribution >= 0.6 is 0 Å². The van der Waals surface area contributed by atoms with Gasteiger partial charge in [0.15, 0.2) is 0 Å². The summed E-state index contributed by atoms with van der Waals surface area (Å²) in [5.41, 5.74) is 7.01. The van der Waals surface area contributed by atoms with Crippen LogP contribution in [0.25, 0.3) is 0 Å². The third-order valence-electron chi connectivity index (χ3n) is 15.2. The fraction of sp³-hybridized carbons (Fsp3) is 0.906. The molecule has 0 amide bonds. The Hall–Kier alpha value is -0.780. The van der Waals surface area contributed by atoms with E-state index >= 15 is 0 Å². The molecule has 0 bridgehead atoms. The molecule has 0 nitrogen and oxygen atoms in total. The van der Waals surface area contributed by atoms with Crippen LogP contribution in [0.15, 0.2) is 12.1 Å². The average molecular weight is 892 g/mol. The molecule has 0 atom stereocenters. The van der Waals surface area contributed by atoms with Crippen molar-refractivity contribution in [2.24, 2.45) is 0 Å². The lowest BCUT2D eigenvalue weighted by atomic mass is 9.87. The average Bonchev–Trinajstić information content (AvgIpc) is 3.30. The van der Waals surface area contributed by atoms with Crippen molar-refractivity contribution in [2.75, 3.05) is 0 Å². The second-order valence-electron chi connectivity index (χ2n) is 21.7. The van der Waals surface area contributed by atoms with E-state index < -0.39 is 0 Å². The van der Waals surface area contributed by atoms with Crippen LogP contribution in [-0.2, 0) is 25.7 Å². The fourth-order valence-corrected chi connectivity index (χ4v) is 10.7. The fourth-order valence-electron chi connectivity index (χ4n) is 10.7. The molecule has 0 unspecified atom stereocenters. The van der Waals surface area contributed by atoms with Gasteiger partial charge in [-0.15, -0.1) is 0 Å². The molecule has 0 heterocycles. The molecular formula is C64H122. The molecule has 0 aliphatic heterocycles. The third-order valence-corrected chi connectivity index (χ3v) is 15.2. The van der Waals surface area contributed by atoms with E-state index in [4.69, 9.17) is 0 Å². The van der Waals surface area contributed by atoms with Gasteiger partial charge in [-0.1, -0.05) is 335 Å². The van der Waals surface area contributed by atoms with E-state index in [0.29, 0.717) is 0 Å². The molecule has 378 valence electrons. The predicted octanol–water partition coefficient (Wildman–Crippen LogP) is 23.4. The van der Waals surface area contributed by atoms with Gasteiger partial charge in [-0.25, -0.2) is 0 Å². The highest BCUT2D eigenvalue weighted by molar-refractivity contribution is 5.40. The van der Waals surface area contributed by atoms with Gasteiger partial charge in [0.25, 0.3) is 0 Å². The molecule has 0 spiro atoms. The summed E-state index contributed by atoms with van der Waals surface area (Å²) in [6.45, 7) is 9.34. The van der Waals surface area contributed by atoms with Crippen LogP contribution in [0.4, 0.5) is 0 Å². The molecule has 0 aliphatic carbocycles. The first-order valence-electron chi connectivity index (χ1n) is 30.9. The van der Waals surface area contributed by atoms with E-state index in [9.17, 15) is 0 Å². The molecule has 1 aromatic carbocycles. The van der Waals surface area contributed by atoms with Gasteiger partial charge in [-0.05, 0) is 73.6 Å². The minimum absolute atomic E-state index is 1.29. The van der Waals surface area contributed by atoms with Crippen LogP contribution in [0.2, 0.25) is 0 Å². The Morgan fingerprint density at radius 1 is 0.188 bits per heavy atom. The third kappa shape index (κ3) is 41.4. The van der Waals surface area contributed by atoms with E-state index in [1.165, 1.54) is 347 Å². The molecule has 64 heavy (non-hydrogen) atoms. The number of hydrogen-bond acceptors (Lipinski definition) is 0. The van der Waals surface area contributed by atoms with Gasteiger partial charge >= 0.3 is 0 Å². The maximum absolute atomic E-state index is 2.71.